The maximum Gasteiger partial charge on any atom is 0.211 e. The van der Waals surface area contributed by atoms with Gasteiger partial charge in [-0.3, -0.25) is 0 Å². The summed E-state index contributed by atoms with van der Waals surface area (Å²) in [5.41, 5.74) is 7.14. The third-order valence-corrected chi connectivity index (χ3v) is 4.54. The number of ether oxygens (including phenoxy) is 1. The van der Waals surface area contributed by atoms with Crippen molar-refractivity contribution in [1.82, 2.24) is 4.72 Å². The predicted octanol–water partition coefficient (Wildman–Crippen LogP) is 1.26. The molecule has 1 aromatic rings. The summed E-state index contributed by atoms with van der Waals surface area (Å²) in [5, 5.41) is 0. The first-order chi connectivity index (χ1) is 9.05. The van der Waals surface area contributed by atoms with Crippen LogP contribution < -0.4 is 10.5 Å². The van der Waals surface area contributed by atoms with E-state index in [1.54, 1.807) is 12.1 Å². The molecule has 106 valence electrons. The highest BCUT2D eigenvalue weighted by Gasteiger charge is 2.19. The molecule has 2 rings (SSSR count). The second kappa shape index (κ2) is 6.36. The molecule has 1 aliphatic heterocycles. The molecule has 1 aliphatic rings. The van der Waals surface area contributed by atoms with Crippen LogP contribution in [0.5, 0.6) is 0 Å². The van der Waals surface area contributed by atoms with E-state index in [4.69, 9.17) is 10.5 Å². The minimum absolute atomic E-state index is 0.101. The average molecular weight is 284 g/mol. The molecule has 0 aliphatic carbocycles. The van der Waals surface area contributed by atoms with Crippen LogP contribution in [-0.4, -0.2) is 26.9 Å². The van der Waals surface area contributed by atoms with Crippen molar-refractivity contribution in [2.75, 3.05) is 18.1 Å². The Balaban J connectivity index is 1.80. The average Bonchev–Trinajstić information content (AvgIpc) is 2.88. The smallest absolute Gasteiger partial charge is 0.211 e. The summed E-state index contributed by atoms with van der Waals surface area (Å²) in [5.74, 6) is 0.111. The lowest BCUT2D eigenvalue weighted by molar-refractivity contribution is 0.109. The molecule has 0 amide bonds. The monoisotopic (exact) mass is 284 g/mol. The number of nitrogen functional groups attached to an aromatic ring is 1. The number of benzene rings is 1. The molecule has 1 atom stereocenters. The van der Waals surface area contributed by atoms with Crippen LogP contribution in [0.15, 0.2) is 24.3 Å². The molecule has 0 spiro atoms. The van der Waals surface area contributed by atoms with Crippen LogP contribution in [0.25, 0.3) is 0 Å². The van der Waals surface area contributed by atoms with Crippen molar-refractivity contribution in [2.45, 2.75) is 31.9 Å². The molecule has 6 heteroatoms. The molecule has 1 unspecified atom stereocenters. The van der Waals surface area contributed by atoms with E-state index in [-0.39, 0.29) is 18.4 Å². The number of nitrogens with one attached hydrogen (secondary N) is 1. The summed E-state index contributed by atoms with van der Waals surface area (Å²) in [6.07, 6.45) is 2.65. The van der Waals surface area contributed by atoms with Crippen LogP contribution in [0.1, 0.15) is 24.8 Å². The molecule has 0 bridgehead atoms. The highest BCUT2D eigenvalue weighted by atomic mass is 32.2. The summed E-state index contributed by atoms with van der Waals surface area (Å²) < 4.78 is 31.7. The number of rotatable bonds is 6. The van der Waals surface area contributed by atoms with E-state index >= 15 is 0 Å². The van der Waals surface area contributed by atoms with Gasteiger partial charge >= 0.3 is 0 Å². The van der Waals surface area contributed by atoms with Gasteiger partial charge in [0.25, 0.3) is 0 Å². The fourth-order valence-electron chi connectivity index (χ4n) is 2.13. The Kier molecular flexibility index (Phi) is 4.79. The maximum atomic E-state index is 11.8. The zero-order valence-electron chi connectivity index (χ0n) is 10.8. The highest BCUT2D eigenvalue weighted by molar-refractivity contribution is 7.89. The lowest BCUT2D eigenvalue weighted by atomic mass is 10.2. The molecule has 1 fully saturated rings. The molecule has 0 saturated carbocycles. The minimum atomic E-state index is -3.25. The minimum Gasteiger partial charge on any atom is -0.399 e. The predicted molar refractivity (Wildman–Crippen MR) is 75.1 cm³/mol. The fraction of sp³-hybridized carbons (Fsp3) is 0.538. The fourth-order valence-corrected chi connectivity index (χ4v) is 3.23. The Bertz CT molecular complexity index is 510. The van der Waals surface area contributed by atoms with Crippen molar-refractivity contribution in [3.05, 3.63) is 29.8 Å². The van der Waals surface area contributed by atoms with E-state index in [0.717, 1.165) is 25.0 Å². The normalized spacial score (nSPS) is 19.7. The number of nitrogens with two attached hydrogens (primary N) is 1. The molecule has 0 radical (unpaired) electrons. The van der Waals surface area contributed by atoms with Crippen molar-refractivity contribution in [1.29, 1.82) is 0 Å². The van der Waals surface area contributed by atoms with E-state index in [9.17, 15) is 8.42 Å². The largest absolute Gasteiger partial charge is 0.399 e. The van der Waals surface area contributed by atoms with Gasteiger partial charge < -0.3 is 10.5 Å². The van der Waals surface area contributed by atoms with Gasteiger partial charge in [-0.2, -0.15) is 0 Å². The summed E-state index contributed by atoms with van der Waals surface area (Å²) >= 11 is 0. The van der Waals surface area contributed by atoms with Crippen molar-refractivity contribution in [3.8, 4) is 0 Å². The van der Waals surface area contributed by atoms with Gasteiger partial charge in [0, 0.05) is 18.8 Å². The van der Waals surface area contributed by atoms with Gasteiger partial charge in [-0.15, -0.1) is 0 Å². The molecular weight excluding hydrogens is 264 g/mol. The Morgan fingerprint density at radius 3 is 2.95 bits per heavy atom. The van der Waals surface area contributed by atoms with Gasteiger partial charge in [0.1, 0.15) is 0 Å². The SMILES string of the molecule is Nc1cccc(CNS(=O)(=O)CCC2CCCO2)c1. The molecule has 1 heterocycles. The lowest BCUT2D eigenvalue weighted by Crippen LogP contribution is -2.27. The van der Waals surface area contributed by atoms with Crippen LogP contribution in [-0.2, 0) is 21.3 Å². The first kappa shape index (κ1) is 14.3. The Labute approximate surface area is 114 Å². The summed E-state index contributed by atoms with van der Waals surface area (Å²) in [4.78, 5) is 0. The van der Waals surface area contributed by atoms with Crippen molar-refractivity contribution >= 4 is 15.7 Å². The lowest BCUT2D eigenvalue weighted by Gasteiger charge is -2.10. The molecule has 19 heavy (non-hydrogen) atoms. The highest BCUT2D eigenvalue weighted by Crippen LogP contribution is 2.15. The zero-order chi connectivity index (χ0) is 13.7. The Morgan fingerprint density at radius 2 is 2.26 bits per heavy atom. The van der Waals surface area contributed by atoms with E-state index in [1.165, 1.54) is 0 Å². The maximum absolute atomic E-state index is 11.8. The van der Waals surface area contributed by atoms with E-state index < -0.39 is 10.0 Å². The van der Waals surface area contributed by atoms with Crippen LogP contribution in [0.4, 0.5) is 5.69 Å². The first-order valence-corrected chi connectivity index (χ1v) is 8.14. The molecule has 1 aromatic carbocycles. The van der Waals surface area contributed by atoms with Crippen molar-refractivity contribution in [2.24, 2.45) is 0 Å². The molecule has 1 saturated heterocycles. The van der Waals surface area contributed by atoms with Crippen molar-refractivity contribution in [3.63, 3.8) is 0 Å². The summed E-state index contributed by atoms with van der Waals surface area (Å²) in [6, 6.07) is 7.20. The van der Waals surface area contributed by atoms with Crippen LogP contribution >= 0.6 is 0 Å². The third-order valence-electron chi connectivity index (χ3n) is 3.18. The van der Waals surface area contributed by atoms with Gasteiger partial charge in [0.2, 0.25) is 10.0 Å². The Morgan fingerprint density at radius 1 is 1.42 bits per heavy atom. The quantitative estimate of drug-likeness (QED) is 0.771. The third kappa shape index (κ3) is 4.81. The van der Waals surface area contributed by atoms with E-state index in [0.29, 0.717) is 12.1 Å². The number of hydrogen-bond acceptors (Lipinski definition) is 4. The topological polar surface area (TPSA) is 81.4 Å². The zero-order valence-corrected chi connectivity index (χ0v) is 11.7. The summed E-state index contributed by atoms with van der Waals surface area (Å²) in [7, 11) is -3.25. The number of hydrogen-bond donors (Lipinski definition) is 2. The van der Waals surface area contributed by atoms with Crippen LogP contribution in [0.3, 0.4) is 0 Å². The second-order valence-electron chi connectivity index (χ2n) is 4.81. The second-order valence-corrected chi connectivity index (χ2v) is 6.74. The molecule has 5 nitrogen and oxygen atoms in total. The first-order valence-electron chi connectivity index (χ1n) is 6.48. The van der Waals surface area contributed by atoms with Gasteiger partial charge in [0.15, 0.2) is 0 Å². The van der Waals surface area contributed by atoms with Gasteiger partial charge in [-0.05, 0) is 37.0 Å². The molecule has 3 N–H and O–H groups in total. The number of sulfonamides is 1. The molecular formula is C13H20N2O3S. The standard InChI is InChI=1S/C13H20N2O3S/c14-12-4-1-3-11(9-12)10-15-19(16,17)8-6-13-5-2-7-18-13/h1,3-4,9,13,15H,2,5-8,10,14H2. The van der Waals surface area contributed by atoms with Gasteiger partial charge in [-0.25, -0.2) is 13.1 Å². The molecule has 0 aromatic heterocycles. The van der Waals surface area contributed by atoms with Gasteiger partial charge in [-0.1, -0.05) is 12.1 Å². The number of anilines is 1. The Hall–Kier alpha value is -1.11. The van der Waals surface area contributed by atoms with E-state index in [2.05, 4.69) is 4.72 Å². The summed E-state index contributed by atoms with van der Waals surface area (Å²) in [6.45, 7) is 1.03. The van der Waals surface area contributed by atoms with Crippen molar-refractivity contribution < 1.29 is 13.2 Å². The van der Waals surface area contributed by atoms with Crippen LogP contribution in [0.2, 0.25) is 0 Å². The van der Waals surface area contributed by atoms with E-state index in [1.807, 2.05) is 12.1 Å². The van der Waals surface area contributed by atoms with Crippen LogP contribution in [0, 0.1) is 0 Å². The van der Waals surface area contributed by atoms with Gasteiger partial charge in [0.05, 0.1) is 11.9 Å².